The molecule has 0 spiro atoms. The maximum Gasteiger partial charge on any atom is 0.241 e. The van der Waals surface area contributed by atoms with Crippen LogP contribution in [-0.2, 0) is 4.79 Å². The van der Waals surface area contributed by atoms with Crippen LogP contribution in [0.5, 0.6) is 5.75 Å². The van der Waals surface area contributed by atoms with Gasteiger partial charge in [-0.2, -0.15) is 0 Å². The molecule has 1 amide bonds. The molecule has 1 saturated carbocycles. The highest BCUT2D eigenvalue weighted by atomic mass is 127. The summed E-state index contributed by atoms with van der Waals surface area (Å²) in [5, 5.41) is 5.75. The average Bonchev–Trinajstić information content (AvgIpc) is 3.27. The highest BCUT2D eigenvalue weighted by Crippen LogP contribution is 2.27. The van der Waals surface area contributed by atoms with Gasteiger partial charge in [0.2, 0.25) is 5.91 Å². The number of hydrogen-bond acceptors (Lipinski definition) is 3. The topological polar surface area (TPSA) is 88.7 Å². The molecule has 0 aliphatic heterocycles. The normalized spacial score (nSPS) is 14.0. The van der Waals surface area contributed by atoms with Crippen LogP contribution in [0.1, 0.15) is 12.8 Å². The van der Waals surface area contributed by atoms with E-state index in [-0.39, 0.29) is 42.4 Å². The van der Waals surface area contributed by atoms with Crippen molar-refractivity contribution < 1.29 is 9.53 Å². The van der Waals surface area contributed by atoms with E-state index in [2.05, 4.69) is 15.6 Å². The molecule has 21 heavy (non-hydrogen) atoms. The summed E-state index contributed by atoms with van der Waals surface area (Å²) in [6, 6.07) is 7.33. The first kappa shape index (κ1) is 17.5. The van der Waals surface area contributed by atoms with Gasteiger partial charge in [-0.3, -0.25) is 4.79 Å². The largest absolute Gasteiger partial charge is 0.497 e. The minimum absolute atomic E-state index is 0. The summed E-state index contributed by atoms with van der Waals surface area (Å²) in [6.45, 7) is 0.785. The number of rotatable bonds is 6. The van der Waals surface area contributed by atoms with Crippen LogP contribution in [0.2, 0.25) is 0 Å². The number of guanidine groups is 1. The lowest BCUT2D eigenvalue weighted by molar-refractivity contribution is -0.119. The number of benzene rings is 1. The number of anilines is 1. The van der Waals surface area contributed by atoms with Crippen LogP contribution >= 0.6 is 24.0 Å². The number of carbonyl (C=O) groups is 1. The standard InChI is InChI=1S/C14H20N4O2.HI/c1-20-12-4-2-3-11(7-12)18-14(15)17-9-13(19)16-8-10-5-6-10;/h2-4,7,10H,5-6,8-9H2,1H3,(H,16,19)(H3,15,17,18);1H. The van der Waals surface area contributed by atoms with Gasteiger partial charge in [-0.25, -0.2) is 4.99 Å². The first-order valence-corrected chi connectivity index (χ1v) is 6.65. The molecule has 1 aromatic rings. The third kappa shape index (κ3) is 6.65. The SMILES string of the molecule is COc1cccc(NC(N)=NCC(=O)NCC2CC2)c1.I. The maximum atomic E-state index is 11.5. The number of nitrogens with zero attached hydrogens (tertiary/aromatic N) is 1. The van der Waals surface area contributed by atoms with E-state index in [1.807, 2.05) is 18.2 Å². The average molecular weight is 404 g/mol. The van der Waals surface area contributed by atoms with E-state index in [1.54, 1.807) is 13.2 Å². The molecular formula is C14H21IN4O2. The van der Waals surface area contributed by atoms with E-state index < -0.39 is 0 Å². The Balaban J connectivity index is 0.00000220. The Labute approximate surface area is 141 Å². The summed E-state index contributed by atoms with van der Waals surface area (Å²) in [5.41, 5.74) is 6.50. The lowest BCUT2D eigenvalue weighted by Gasteiger charge is -2.07. The van der Waals surface area contributed by atoms with Crippen molar-refractivity contribution in [2.75, 3.05) is 25.5 Å². The Hall–Kier alpha value is -1.51. The van der Waals surface area contributed by atoms with Gasteiger partial charge < -0.3 is 21.1 Å². The van der Waals surface area contributed by atoms with E-state index in [0.717, 1.165) is 18.0 Å². The second-order valence-corrected chi connectivity index (χ2v) is 4.81. The molecule has 2 rings (SSSR count). The zero-order valence-corrected chi connectivity index (χ0v) is 14.3. The summed E-state index contributed by atoms with van der Waals surface area (Å²) in [4.78, 5) is 15.5. The predicted molar refractivity (Wildman–Crippen MR) is 94.3 cm³/mol. The van der Waals surface area contributed by atoms with Crippen LogP contribution in [-0.4, -0.2) is 32.1 Å². The fourth-order valence-electron chi connectivity index (χ4n) is 1.68. The van der Waals surface area contributed by atoms with Gasteiger partial charge in [0.05, 0.1) is 7.11 Å². The van der Waals surface area contributed by atoms with Gasteiger partial charge in [-0.05, 0) is 30.9 Å². The zero-order chi connectivity index (χ0) is 14.4. The van der Waals surface area contributed by atoms with Crippen molar-refractivity contribution in [1.29, 1.82) is 0 Å². The van der Waals surface area contributed by atoms with Crippen molar-refractivity contribution >= 4 is 41.5 Å². The third-order valence-electron chi connectivity index (χ3n) is 3.02. The molecule has 1 aliphatic carbocycles. The molecule has 0 bridgehead atoms. The number of nitrogens with one attached hydrogen (secondary N) is 2. The highest BCUT2D eigenvalue weighted by molar-refractivity contribution is 14.0. The van der Waals surface area contributed by atoms with Gasteiger partial charge in [0.1, 0.15) is 12.3 Å². The summed E-state index contributed by atoms with van der Waals surface area (Å²) in [5.74, 6) is 1.49. The molecule has 0 atom stereocenters. The minimum Gasteiger partial charge on any atom is -0.497 e. The maximum absolute atomic E-state index is 11.5. The van der Waals surface area contributed by atoms with Crippen LogP contribution in [0.3, 0.4) is 0 Å². The van der Waals surface area contributed by atoms with Crippen LogP contribution in [0, 0.1) is 5.92 Å². The van der Waals surface area contributed by atoms with Crippen LogP contribution < -0.4 is 21.1 Å². The van der Waals surface area contributed by atoms with Crippen LogP contribution in [0.4, 0.5) is 5.69 Å². The van der Waals surface area contributed by atoms with E-state index in [0.29, 0.717) is 5.92 Å². The summed E-state index contributed by atoms with van der Waals surface area (Å²) in [7, 11) is 1.60. The summed E-state index contributed by atoms with van der Waals surface area (Å²) >= 11 is 0. The van der Waals surface area contributed by atoms with Crippen molar-refractivity contribution in [2.24, 2.45) is 16.6 Å². The molecule has 116 valence electrons. The summed E-state index contributed by atoms with van der Waals surface area (Å²) < 4.78 is 5.11. The molecule has 4 N–H and O–H groups in total. The molecule has 0 radical (unpaired) electrons. The lowest BCUT2D eigenvalue weighted by atomic mass is 10.3. The number of halogens is 1. The third-order valence-corrected chi connectivity index (χ3v) is 3.02. The Morgan fingerprint density at radius 1 is 1.48 bits per heavy atom. The number of hydrogen-bond donors (Lipinski definition) is 3. The zero-order valence-electron chi connectivity index (χ0n) is 12.0. The quantitative estimate of drug-likeness (QED) is 0.382. The van der Waals surface area contributed by atoms with Crippen molar-refractivity contribution in [1.82, 2.24) is 5.32 Å². The van der Waals surface area contributed by atoms with Crippen LogP contribution in [0.25, 0.3) is 0 Å². The lowest BCUT2D eigenvalue weighted by Crippen LogP contribution is -2.30. The number of carbonyl (C=O) groups excluding carboxylic acids is 1. The van der Waals surface area contributed by atoms with Gasteiger partial charge in [0.25, 0.3) is 0 Å². The van der Waals surface area contributed by atoms with Crippen molar-refractivity contribution in [3.05, 3.63) is 24.3 Å². The van der Waals surface area contributed by atoms with Crippen molar-refractivity contribution in [3.63, 3.8) is 0 Å². The molecule has 0 aromatic heterocycles. The van der Waals surface area contributed by atoms with Crippen molar-refractivity contribution in [2.45, 2.75) is 12.8 Å². The first-order chi connectivity index (χ1) is 9.67. The number of aliphatic imine (C=N–C) groups is 1. The molecular weight excluding hydrogens is 383 g/mol. The second-order valence-electron chi connectivity index (χ2n) is 4.81. The Bertz CT molecular complexity index is 504. The van der Waals surface area contributed by atoms with E-state index in [1.165, 1.54) is 12.8 Å². The molecule has 0 heterocycles. The second kappa shape index (κ2) is 8.71. The molecule has 1 aliphatic rings. The van der Waals surface area contributed by atoms with Crippen molar-refractivity contribution in [3.8, 4) is 5.75 Å². The van der Waals surface area contributed by atoms with Gasteiger partial charge in [0, 0.05) is 18.3 Å². The number of amides is 1. The van der Waals surface area contributed by atoms with E-state index in [4.69, 9.17) is 10.5 Å². The van der Waals surface area contributed by atoms with E-state index in [9.17, 15) is 4.79 Å². The fraction of sp³-hybridized carbons (Fsp3) is 0.429. The summed E-state index contributed by atoms with van der Waals surface area (Å²) in [6.07, 6.45) is 2.42. The van der Waals surface area contributed by atoms with Gasteiger partial charge >= 0.3 is 0 Å². The monoisotopic (exact) mass is 404 g/mol. The smallest absolute Gasteiger partial charge is 0.241 e. The predicted octanol–water partition coefficient (Wildman–Crippen LogP) is 1.57. The highest BCUT2D eigenvalue weighted by Gasteiger charge is 2.21. The number of methoxy groups -OCH3 is 1. The fourth-order valence-corrected chi connectivity index (χ4v) is 1.68. The molecule has 7 heteroatoms. The Morgan fingerprint density at radius 2 is 2.24 bits per heavy atom. The Morgan fingerprint density at radius 3 is 2.90 bits per heavy atom. The van der Waals surface area contributed by atoms with Gasteiger partial charge in [0.15, 0.2) is 5.96 Å². The van der Waals surface area contributed by atoms with Gasteiger partial charge in [-0.1, -0.05) is 6.07 Å². The van der Waals surface area contributed by atoms with Crippen LogP contribution in [0.15, 0.2) is 29.3 Å². The number of nitrogens with two attached hydrogens (primary N) is 1. The molecule has 1 aromatic carbocycles. The molecule has 1 fully saturated rings. The first-order valence-electron chi connectivity index (χ1n) is 6.65. The van der Waals surface area contributed by atoms with Gasteiger partial charge in [-0.15, -0.1) is 24.0 Å². The molecule has 0 unspecified atom stereocenters. The Kier molecular flexibility index (Phi) is 7.27. The van der Waals surface area contributed by atoms with E-state index >= 15 is 0 Å². The molecule has 6 nitrogen and oxygen atoms in total. The number of ether oxygens (including phenoxy) is 1. The molecule has 0 saturated heterocycles. The minimum atomic E-state index is -0.104.